The first-order valence-electron chi connectivity index (χ1n) is 6.86. The van der Waals surface area contributed by atoms with Crippen LogP contribution < -0.4 is 0 Å². The molecule has 1 fully saturated rings. The van der Waals surface area contributed by atoms with Crippen molar-refractivity contribution in [1.82, 2.24) is 0 Å². The summed E-state index contributed by atoms with van der Waals surface area (Å²) in [6.07, 6.45) is 4.03. The fraction of sp³-hybridized carbons (Fsp3) is 0.625. The van der Waals surface area contributed by atoms with Crippen molar-refractivity contribution >= 4 is 0 Å². The van der Waals surface area contributed by atoms with Gasteiger partial charge < -0.3 is 5.11 Å². The Bertz CT molecular complexity index is 425. The van der Waals surface area contributed by atoms with Crippen molar-refractivity contribution in [1.29, 1.82) is 0 Å². The molecular formula is C16H23FO. The SMILES string of the molecule is Cc1ccc(C(O)C2CCCCC2(C)C)cc1F. The molecule has 2 unspecified atom stereocenters. The molecule has 1 aromatic carbocycles. The van der Waals surface area contributed by atoms with Gasteiger partial charge in [-0.25, -0.2) is 4.39 Å². The minimum Gasteiger partial charge on any atom is -0.388 e. The Kier molecular flexibility index (Phi) is 3.76. The van der Waals surface area contributed by atoms with Crippen molar-refractivity contribution in [2.24, 2.45) is 11.3 Å². The standard InChI is InChI=1S/C16H23FO/c1-11-7-8-12(10-14(11)17)15(18)13-6-4-5-9-16(13,2)3/h7-8,10,13,15,18H,4-6,9H2,1-3H3. The molecule has 1 aliphatic rings. The Morgan fingerprint density at radius 1 is 1.33 bits per heavy atom. The Morgan fingerprint density at radius 3 is 2.67 bits per heavy atom. The number of aryl methyl sites for hydroxylation is 1. The Hall–Kier alpha value is -0.890. The quantitative estimate of drug-likeness (QED) is 0.825. The van der Waals surface area contributed by atoms with Gasteiger partial charge in [-0.3, -0.25) is 0 Å². The molecule has 1 N–H and O–H groups in total. The first-order chi connectivity index (χ1) is 8.42. The van der Waals surface area contributed by atoms with Gasteiger partial charge in [0.05, 0.1) is 6.10 Å². The molecule has 0 radical (unpaired) electrons. The number of aliphatic hydroxyl groups excluding tert-OH is 1. The average Bonchev–Trinajstić information content (AvgIpc) is 2.31. The summed E-state index contributed by atoms with van der Waals surface area (Å²) < 4.78 is 13.6. The lowest BCUT2D eigenvalue weighted by Gasteiger charge is -2.41. The van der Waals surface area contributed by atoms with Crippen LogP contribution in [0, 0.1) is 24.1 Å². The molecule has 1 nitrogen and oxygen atoms in total. The number of halogens is 1. The molecule has 18 heavy (non-hydrogen) atoms. The summed E-state index contributed by atoms with van der Waals surface area (Å²) in [6.45, 7) is 6.17. The molecule has 0 bridgehead atoms. The largest absolute Gasteiger partial charge is 0.388 e. The van der Waals surface area contributed by atoms with Crippen molar-refractivity contribution in [2.45, 2.75) is 52.6 Å². The lowest BCUT2D eigenvalue weighted by molar-refractivity contribution is 0.00369. The van der Waals surface area contributed by atoms with Gasteiger partial charge in [-0.05, 0) is 48.3 Å². The monoisotopic (exact) mass is 250 g/mol. The van der Waals surface area contributed by atoms with E-state index in [1.54, 1.807) is 13.0 Å². The van der Waals surface area contributed by atoms with Gasteiger partial charge in [0.2, 0.25) is 0 Å². The molecule has 0 amide bonds. The number of hydrogen-bond acceptors (Lipinski definition) is 1. The highest BCUT2D eigenvalue weighted by Gasteiger charge is 2.37. The van der Waals surface area contributed by atoms with Crippen LogP contribution in [0.2, 0.25) is 0 Å². The van der Waals surface area contributed by atoms with Crippen LogP contribution in [0.15, 0.2) is 18.2 Å². The van der Waals surface area contributed by atoms with Gasteiger partial charge in [0.1, 0.15) is 5.82 Å². The van der Waals surface area contributed by atoms with Crippen LogP contribution in [0.5, 0.6) is 0 Å². The van der Waals surface area contributed by atoms with Crippen LogP contribution in [0.4, 0.5) is 4.39 Å². The topological polar surface area (TPSA) is 20.2 Å². The molecule has 1 saturated carbocycles. The molecule has 2 atom stereocenters. The van der Waals surface area contributed by atoms with Gasteiger partial charge in [-0.15, -0.1) is 0 Å². The first kappa shape index (κ1) is 13.5. The molecule has 2 rings (SSSR count). The molecule has 0 spiro atoms. The second-order valence-electron chi connectivity index (χ2n) is 6.29. The van der Waals surface area contributed by atoms with E-state index in [4.69, 9.17) is 0 Å². The molecule has 100 valence electrons. The normalized spacial score (nSPS) is 24.8. The molecule has 1 aliphatic carbocycles. The smallest absolute Gasteiger partial charge is 0.126 e. The molecule has 2 heteroatoms. The highest BCUT2D eigenvalue weighted by atomic mass is 19.1. The highest BCUT2D eigenvalue weighted by Crippen LogP contribution is 2.46. The number of hydrogen-bond donors (Lipinski definition) is 1. The Balaban J connectivity index is 2.24. The van der Waals surface area contributed by atoms with Crippen molar-refractivity contribution in [2.75, 3.05) is 0 Å². The van der Waals surface area contributed by atoms with Crippen LogP contribution in [0.25, 0.3) is 0 Å². The third-order valence-corrected chi connectivity index (χ3v) is 4.51. The van der Waals surface area contributed by atoms with Crippen molar-refractivity contribution < 1.29 is 9.50 Å². The van der Waals surface area contributed by atoms with E-state index in [1.807, 2.05) is 6.07 Å². The van der Waals surface area contributed by atoms with Gasteiger partial charge in [-0.2, -0.15) is 0 Å². The van der Waals surface area contributed by atoms with Crippen LogP contribution >= 0.6 is 0 Å². The summed E-state index contributed by atoms with van der Waals surface area (Å²) in [6, 6.07) is 5.10. The lowest BCUT2D eigenvalue weighted by atomic mass is 9.65. The van der Waals surface area contributed by atoms with Crippen molar-refractivity contribution in [3.63, 3.8) is 0 Å². The predicted octanol–water partition coefficient (Wildman–Crippen LogP) is 4.38. The third-order valence-electron chi connectivity index (χ3n) is 4.51. The maximum atomic E-state index is 13.6. The van der Waals surface area contributed by atoms with Crippen LogP contribution in [0.3, 0.4) is 0 Å². The summed E-state index contributed by atoms with van der Waals surface area (Å²) >= 11 is 0. The van der Waals surface area contributed by atoms with Crippen LogP contribution in [0.1, 0.15) is 56.8 Å². The fourth-order valence-corrected chi connectivity index (χ4v) is 3.13. The van der Waals surface area contributed by atoms with E-state index in [2.05, 4.69) is 13.8 Å². The highest BCUT2D eigenvalue weighted by molar-refractivity contribution is 5.25. The van der Waals surface area contributed by atoms with Gasteiger partial charge in [-0.1, -0.05) is 38.8 Å². The maximum absolute atomic E-state index is 13.6. The van der Waals surface area contributed by atoms with Crippen LogP contribution in [-0.4, -0.2) is 5.11 Å². The zero-order valence-corrected chi connectivity index (χ0v) is 11.5. The van der Waals surface area contributed by atoms with E-state index < -0.39 is 6.10 Å². The van der Waals surface area contributed by atoms with E-state index in [-0.39, 0.29) is 17.2 Å². The fourth-order valence-electron chi connectivity index (χ4n) is 3.13. The first-order valence-corrected chi connectivity index (χ1v) is 6.86. The predicted molar refractivity (Wildman–Crippen MR) is 71.8 cm³/mol. The Labute approximate surface area is 109 Å². The van der Waals surface area contributed by atoms with E-state index in [9.17, 15) is 9.50 Å². The number of benzene rings is 1. The molecule has 1 aromatic rings. The summed E-state index contributed by atoms with van der Waals surface area (Å²) in [5, 5.41) is 10.5. The van der Waals surface area contributed by atoms with E-state index in [0.29, 0.717) is 5.56 Å². The summed E-state index contributed by atoms with van der Waals surface area (Å²) in [5.41, 5.74) is 1.49. The number of rotatable bonds is 2. The van der Waals surface area contributed by atoms with Gasteiger partial charge in [0.15, 0.2) is 0 Å². The zero-order valence-electron chi connectivity index (χ0n) is 11.5. The van der Waals surface area contributed by atoms with Crippen molar-refractivity contribution in [3.05, 3.63) is 35.1 Å². The molecule has 0 saturated heterocycles. The van der Waals surface area contributed by atoms with Gasteiger partial charge in [0.25, 0.3) is 0 Å². The minimum atomic E-state index is -0.546. The lowest BCUT2D eigenvalue weighted by Crippen LogP contribution is -2.32. The summed E-state index contributed by atoms with van der Waals surface area (Å²) in [7, 11) is 0. The van der Waals surface area contributed by atoms with E-state index in [0.717, 1.165) is 18.4 Å². The maximum Gasteiger partial charge on any atom is 0.126 e. The third kappa shape index (κ3) is 2.59. The molecule has 0 aromatic heterocycles. The Morgan fingerprint density at radius 2 is 2.06 bits per heavy atom. The average molecular weight is 250 g/mol. The van der Waals surface area contributed by atoms with Crippen LogP contribution in [-0.2, 0) is 0 Å². The second kappa shape index (κ2) is 5.00. The summed E-state index contributed by atoms with van der Waals surface area (Å²) in [4.78, 5) is 0. The summed E-state index contributed by atoms with van der Waals surface area (Å²) in [5.74, 6) is 0.00789. The molecular weight excluding hydrogens is 227 g/mol. The van der Waals surface area contributed by atoms with Crippen molar-refractivity contribution in [3.8, 4) is 0 Å². The number of aliphatic hydroxyl groups is 1. The van der Waals surface area contributed by atoms with Gasteiger partial charge in [0, 0.05) is 0 Å². The second-order valence-corrected chi connectivity index (χ2v) is 6.29. The minimum absolute atomic E-state index is 0.138. The van der Waals surface area contributed by atoms with E-state index >= 15 is 0 Å². The van der Waals surface area contributed by atoms with Gasteiger partial charge >= 0.3 is 0 Å². The zero-order chi connectivity index (χ0) is 13.3. The molecule has 0 heterocycles. The molecule has 0 aliphatic heterocycles. The van der Waals surface area contributed by atoms with E-state index in [1.165, 1.54) is 18.9 Å².